The molecule has 0 aliphatic carbocycles. The molecule has 1 aromatic carbocycles. The molecule has 0 unspecified atom stereocenters. The van der Waals surface area contributed by atoms with Crippen molar-refractivity contribution in [3.05, 3.63) is 34.4 Å². The molecule has 2 aromatic heterocycles. The van der Waals surface area contributed by atoms with Crippen molar-refractivity contribution in [2.75, 3.05) is 23.8 Å². The molecule has 0 aliphatic heterocycles. The van der Waals surface area contributed by atoms with Gasteiger partial charge in [-0.05, 0) is 24.6 Å². The Hall–Kier alpha value is -2.09. The normalized spacial score (nSPS) is 11.0. The van der Waals surface area contributed by atoms with Crippen molar-refractivity contribution >= 4 is 51.7 Å². The molecule has 0 radical (unpaired) electrons. The molecule has 24 heavy (non-hydrogen) atoms. The maximum absolute atomic E-state index is 8.93. The van der Waals surface area contributed by atoms with E-state index in [1.54, 1.807) is 29.1 Å². The lowest BCUT2D eigenvalue weighted by atomic mass is 10.3. The Morgan fingerprint density at radius 3 is 2.79 bits per heavy atom. The van der Waals surface area contributed by atoms with E-state index in [0.717, 1.165) is 11.1 Å². The van der Waals surface area contributed by atoms with Gasteiger partial charge in [0.15, 0.2) is 5.65 Å². The van der Waals surface area contributed by atoms with Crippen LogP contribution in [0.25, 0.3) is 11.0 Å². The third-order valence-electron chi connectivity index (χ3n) is 3.40. The summed E-state index contributed by atoms with van der Waals surface area (Å²) in [5.74, 6) is 1.07. The van der Waals surface area contributed by atoms with Crippen LogP contribution in [0.2, 0.25) is 10.0 Å². The number of aliphatic hydroxyl groups excluding tert-OH is 1. The molecular weight excluding hydrogens is 351 g/mol. The summed E-state index contributed by atoms with van der Waals surface area (Å²) in [4.78, 5) is 8.97. The molecule has 0 saturated heterocycles. The van der Waals surface area contributed by atoms with Gasteiger partial charge >= 0.3 is 0 Å². The molecule has 9 heteroatoms. The number of fused-ring (bicyclic) bond motifs is 1. The fourth-order valence-corrected chi connectivity index (χ4v) is 2.50. The maximum Gasteiger partial charge on any atom is 0.231 e. The SMILES string of the molecule is Cn1ncc2c(NCCCO)nc(Nc3ccc(Cl)c(Cl)c3)nc21. The summed E-state index contributed by atoms with van der Waals surface area (Å²) in [7, 11) is 1.82. The number of aryl methyl sites for hydroxylation is 1. The molecule has 0 atom stereocenters. The zero-order valence-electron chi connectivity index (χ0n) is 12.9. The molecule has 0 spiro atoms. The van der Waals surface area contributed by atoms with Crippen LogP contribution in [0.4, 0.5) is 17.5 Å². The smallest absolute Gasteiger partial charge is 0.231 e. The van der Waals surface area contributed by atoms with Crippen LogP contribution in [0.15, 0.2) is 24.4 Å². The quantitative estimate of drug-likeness (QED) is 0.580. The minimum atomic E-state index is 0.114. The van der Waals surface area contributed by atoms with E-state index in [-0.39, 0.29) is 6.61 Å². The fourth-order valence-electron chi connectivity index (χ4n) is 2.20. The molecule has 3 rings (SSSR count). The van der Waals surface area contributed by atoms with Gasteiger partial charge < -0.3 is 15.7 Å². The number of halogens is 2. The summed E-state index contributed by atoms with van der Waals surface area (Å²) in [5.41, 5.74) is 1.42. The zero-order chi connectivity index (χ0) is 17.1. The summed E-state index contributed by atoms with van der Waals surface area (Å²) in [6, 6.07) is 5.21. The van der Waals surface area contributed by atoms with Crippen molar-refractivity contribution < 1.29 is 5.11 Å². The van der Waals surface area contributed by atoms with Gasteiger partial charge in [-0.1, -0.05) is 23.2 Å². The van der Waals surface area contributed by atoms with Crippen LogP contribution in [-0.4, -0.2) is 38.0 Å². The van der Waals surface area contributed by atoms with Crippen LogP contribution in [0.5, 0.6) is 0 Å². The van der Waals surface area contributed by atoms with E-state index in [9.17, 15) is 0 Å². The first-order valence-corrected chi connectivity index (χ1v) is 8.10. The third-order valence-corrected chi connectivity index (χ3v) is 4.13. The number of benzene rings is 1. The van der Waals surface area contributed by atoms with Crippen LogP contribution in [-0.2, 0) is 7.05 Å². The van der Waals surface area contributed by atoms with Gasteiger partial charge in [0.1, 0.15) is 5.82 Å². The van der Waals surface area contributed by atoms with Gasteiger partial charge in [0.25, 0.3) is 0 Å². The van der Waals surface area contributed by atoms with Crippen molar-refractivity contribution in [1.29, 1.82) is 0 Å². The number of hydrogen-bond donors (Lipinski definition) is 3. The monoisotopic (exact) mass is 366 g/mol. The number of aliphatic hydroxyl groups is 1. The standard InChI is InChI=1S/C15H16Cl2N6O/c1-23-14-10(8-19-23)13(18-5-2-6-24)21-15(22-14)20-9-3-4-11(16)12(17)7-9/h3-4,7-8,24H,2,5-6H2,1H3,(H2,18,20,21,22). The van der Waals surface area contributed by atoms with Gasteiger partial charge in [0.2, 0.25) is 5.95 Å². The first-order valence-electron chi connectivity index (χ1n) is 7.35. The topological polar surface area (TPSA) is 87.9 Å². The Morgan fingerprint density at radius 2 is 2.04 bits per heavy atom. The second-order valence-corrected chi connectivity index (χ2v) is 5.97. The van der Waals surface area contributed by atoms with E-state index < -0.39 is 0 Å². The van der Waals surface area contributed by atoms with E-state index in [0.29, 0.717) is 40.4 Å². The Kier molecular flexibility index (Phi) is 5.03. The van der Waals surface area contributed by atoms with E-state index in [4.69, 9.17) is 28.3 Å². The average molecular weight is 367 g/mol. The van der Waals surface area contributed by atoms with Gasteiger partial charge in [-0.2, -0.15) is 15.1 Å². The highest BCUT2D eigenvalue weighted by Gasteiger charge is 2.12. The second-order valence-electron chi connectivity index (χ2n) is 5.16. The number of rotatable bonds is 6. The summed E-state index contributed by atoms with van der Waals surface area (Å²) in [5, 5.41) is 21.2. The highest BCUT2D eigenvalue weighted by atomic mass is 35.5. The number of nitrogens with zero attached hydrogens (tertiary/aromatic N) is 4. The van der Waals surface area contributed by atoms with Crippen LogP contribution in [0, 0.1) is 0 Å². The number of anilines is 3. The molecule has 0 bridgehead atoms. The van der Waals surface area contributed by atoms with Crippen molar-refractivity contribution in [3.8, 4) is 0 Å². The Morgan fingerprint density at radius 1 is 1.21 bits per heavy atom. The minimum Gasteiger partial charge on any atom is -0.396 e. The molecule has 0 fully saturated rings. The minimum absolute atomic E-state index is 0.114. The fraction of sp³-hybridized carbons (Fsp3) is 0.267. The summed E-state index contributed by atoms with van der Waals surface area (Å²) in [6.45, 7) is 0.715. The Balaban J connectivity index is 1.94. The lowest BCUT2D eigenvalue weighted by molar-refractivity contribution is 0.292. The highest BCUT2D eigenvalue weighted by molar-refractivity contribution is 6.42. The molecule has 0 aliphatic rings. The molecule has 7 nitrogen and oxygen atoms in total. The predicted molar refractivity (Wildman–Crippen MR) is 96.2 cm³/mol. The van der Waals surface area contributed by atoms with Gasteiger partial charge in [-0.25, -0.2) is 0 Å². The summed E-state index contributed by atoms with van der Waals surface area (Å²) < 4.78 is 1.67. The molecular formula is C15H16Cl2N6O. The van der Waals surface area contributed by atoms with Crippen LogP contribution in [0.3, 0.4) is 0 Å². The number of hydrogen-bond acceptors (Lipinski definition) is 6. The van der Waals surface area contributed by atoms with E-state index in [1.165, 1.54) is 0 Å². The molecule has 126 valence electrons. The number of aromatic nitrogens is 4. The van der Waals surface area contributed by atoms with Crippen molar-refractivity contribution in [3.63, 3.8) is 0 Å². The van der Waals surface area contributed by atoms with Crippen LogP contribution >= 0.6 is 23.2 Å². The molecule has 0 saturated carbocycles. The van der Waals surface area contributed by atoms with Crippen molar-refractivity contribution in [2.45, 2.75) is 6.42 Å². The molecule has 3 aromatic rings. The third kappa shape index (κ3) is 3.53. The van der Waals surface area contributed by atoms with Crippen LogP contribution in [0.1, 0.15) is 6.42 Å². The van der Waals surface area contributed by atoms with Gasteiger partial charge in [0.05, 0.1) is 21.6 Å². The Bertz CT molecular complexity index is 867. The van der Waals surface area contributed by atoms with Crippen LogP contribution < -0.4 is 10.6 Å². The molecule has 2 heterocycles. The van der Waals surface area contributed by atoms with E-state index >= 15 is 0 Å². The summed E-state index contributed by atoms with van der Waals surface area (Å²) in [6.07, 6.45) is 2.33. The lowest BCUT2D eigenvalue weighted by Gasteiger charge is -2.10. The first-order chi connectivity index (χ1) is 11.6. The second kappa shape index (κ2) is 7.21. The molecule has 3 N–H and O–H groups in total. The van der Waals surface area contributed by atoms with Gasteiger partial charge in [-0.3, -0.25) is 4.68 Å². The Labute approximate surface area is 148 Å². The average Bonchev–Trinajstić information content (AvgIpc) is 2.93. The maximum atomic E-state index is 8.93. The zero-order valence-corrected chi connectivity index (χ0v) is 14.4. The van der Waals surface area contributed by atoms with Gasteiger partial charge in [0, 0.05) is 25.9 Å². The molecule has 0 amide bonds. The largest absolute Gasteiger partial charge is 0.396 e. The van der Waals surface area contributed by atoms with Crippen molar-refractivity contribution in [1.82, 2.24) is 19.7 Å². The number of nitrogens with one attached hydrogen (secondary N) is 2. The predicted octanol–water partition coefficient (Wildman–Crippen LogP) is 3.21. The van der Waals surface area contributed by atoms with Gasteiger partial charge in [-0.15, -0.1) is 0 Å². The van der Waals surface area contributed by atoms with E-state index in [1.807, 2.05) is 7.05 Å². The highest BCUT2D eigenvalue weighted by Crippen LogP contribution is 2.27. The van der Waals surface area contributed by atoms with E-state index in [2.05, 4.69) is 25.7 Å². The van der Waals surface area contributed by atoms with Crippen molar-refractivity contribution in [2.24, 2.45) is 7.05 Å². The summed E-state index contributed by atoms with van der Waals surface area (Å²) >= 11 is 12.0. The first kappa shape index (κ1) is 16.8. The lowest BCUT2D eigenvalue weighted by Crippen LogP contribution is -2.08.